The lowest BCUT2D eigenvalue weighted by Crippen LogP contribution is -1.93. The Morgan fingerprint density at radius 3 is 2.05 bits per heavy atom. The zero-order valence-corrected chi connectivity index (χ0v) is 11.4. The van der Waals surface area contributed by atoms with Crippen molar-refractivity contribution in [3.63, 3.8) is 0 Å². The lowest BCUT2D eigenvalue weighted by Gasteiger charge is -2.05. The van der Waals surface area contributed by atoms with Gasteiger partial charge in [-0.15, -0.1) is 0 Å². The second kappa shape index (κ2) is 6.26. The van der Waals surface area contributed by atoms with Crippen LogP contribution in [0.25, 0.3) is 11.1 Å². The third-order valence-corrected chi connectivity index (χ3v) is 2.92. The predicted molar refractivity (Wildman–Crippen MR) is 76.7 cm³/mol. The molecule has 0 radical (unpaired) electrons. The molecular formula is C16H11F2N3O. The first-order valence-electron chi connectivity index (χ1n) is 6.52. The molecule has 0 aliphatic carbocycles. The first-order chi connectivity index (χ1) is 10.7. The van der Waals surface area contributed by atoms with Gasteiger partial charge in [0.2, 0.25) is 0 Å². The maximum atomic E-state index is 12.5. The van der Waals surface area contributed by atoms with Crippen molar-refractivity contribution in [2.45, 2.75) is 6.43 Å². The number of halogens is 2. The highest BCUT2D eigenvalue weighted by atomic mass is 19.3. The van der Waals surface area contributed by atoms with Gasteiger partial charge in [0.05, 0.1) is 0 Å². The highest BCUT2D eigenvalue weighted by Gasteiger charge is 2.09. The summed E-state index contributed by atoms with van der Waals surface area (Å²) in [6.45, 7) is 0. The Labute approximate surface area is 125 Å². The number of benzene rings is 1. The molecule has 0 spiro atoms. The number of para-hydroxylation sites is 1. The molecule has 1 aromatic carbocycles. The number of hydrogen-bond donors (Lipinski definition) is 0. The Balaban J connectivity index is 1.76. The highest BCUT2D eigenvalue weighted by Crippen LogP contribution is 2.23. The minimum atomic E-state index is -2.58. The van der Waals surface area contributed by atoms with Crippen molar-refractivity contribution in [1.29, 1.82) is 0 Å². The van der Waals surface area contributed by atoms with E-state index in [-0.39, 0.29) is 11.7 Å². The Morgan fingerprint density at radius 2 is 1.45 bits per heavy atom. The summed E-state index contributed by atoms with van der Waals surface area (Å²) in [6, 6.07) is 12.2. The van der Waals surface area contributed by atoms with Crippen LogP contribution in [0.4, 0.5) is 8.78 Å². The average molecular weight is 299 g/mol. The zero-order chi connectivity index (χ0) is 15.4. The van der Waals surface area contributed by atoms with E-state index in [4.69, 9.17) is 4.74 Å². The molecule has 110 valence electrons. The summed E-state index contributed by atoms with van der Waals surface area (Å²) in [7, 11) is 0. The summed E-state index contributed by atoms with van der Waals surface area (Å²) in [5, 5.41) is 0. The summed E-state index contributed by atoms with van der Waals surface area (Å²) in [4.78, 5) is 11.9. The highest BCUT2D eigenvalue weighted by molar-refractivity contribution is 5.60. The van der Waals surface area contributed by atoms with Crippen molar-refractivity contribution in [2.75, 3.05) is 0 Å². The smallest absolute Gasteiger partial charge is 0.321 e. The number of aromatic nitrogens is 3. The van der Waals surface area contributed by atoms with Gasteiger partial charge in [-0.2, -0.15) is 0 Å². The molecule has 0 unspecified atom stereocenters. The summed E-state index contributed by atoms with van der Waals surface area (Å²) in [6.07, 6.45) is 1.92. The molecule has 0 saturated carbocycles. The van der Waals surface area contributed by atoms with Gasteiger partial charge in [-0.3, -0.25) is 4.98 Å². The molecular weight excluding hydrogens is 288 g/mol. The van der Waals surface area contributed by atoms with Crippen molar-refractivity contribution >= 4 is 0 Å². The molecule has 0 amide bonds. The lowest BCUT2D eigenvalue weighted by molar-refractivity contribution is 0.146. The minimum Gasteiger partial charge on any atom is -0.424 e. The molecule has 2 aromatic heterocycles. The van der Waals surface area contributed by atoms with E-state index in [0.717, 1.165) is 0 Å². The molecule has 0 bridgehead atoms. The fourth-order valence-electron chi connectivity index (χ4n) is 1.82. The molecule has 0 aliphatic heterocycles. The van der Waals surface area contributed by atoms with Gasteiger partial charge in [-0.05, 0) is 18.2 Å². The summed E-state index contributed by atoms with van der Waals surface area (Å²) < 4.78 is 30.4. The van der Waals surface area contributed by atoms with Crippen LogP contribution in [0.5, 0.6) is 11.8 Å². The second-order valence-electron chi connectivity index (χ2n) is 4.44. The Hall–Kier alpha value is -2.89. The third kappa shape index (κ3) is 3.22. The molecule has 0 aliphatic rings. The van der Waals surface area contributed by atoms with Crippen LogP contribution in [0.3, 0.4) is 0 Å². The Morgan fingerprint density at radius 1 is 0.773 bits per heavy atom. The lowest BCUT2D eigenvalue weighted by atomic mass is 10.1. The molecule has 0 saturated heterocycles. The number of ether oxygens (including phenoxy) is 1. The van der Waals surface area contributed by atoms with Crippen LogP contribution in [0.2, 0.25) is 0 Å². The molecule has 0 N–H and O–H groups in total. The van der Waals surface area contributed by atoms with Gasteiger partial charge < -0.3 is 4.74 Å². The van der Waals surface area contributed by atoms with Crippen molar-refractivity contribution in [3.05, 3.63) is 66.7 Å². The third-order valence-electron chi connectivity index (χ3n) is 2.92. The number of rotatable bonds is 4. The van der Waals surface area contributed by atoms with Crippen molar-refractivity contribution < 1.29 is 13.5 Å². The van der Waals surface area contributed by atoms with Crippen molar-refractivity contribution in [3.8, 4) is 22.9 Å². The van der Waals surface area contributed by atoms with Crippen LogP contribution in [0.1, 0.15) is 12.1 Å². The van der Waals surface area contributed by atoms with Gasteiger partial charge in [0, 0.05) is 29.7 Å². The minimum absolute atomic E-state index is 0.215. The van der Waals surface area contributed by atoms with Crippen LogP contribution in [-0.4, -0.2) is 15.0 Å². The summed E-state index contributed by atoms with van der Waals surface area (Å²) in [5.74, 6) is 0.637. The topological polar surface area (TPSA) is 47.9 Å². The molecule has 22 heavy (non-hydrogen) atoms. The largest absolute Gasteiger partial charge is 0.424 e. The quantitative estimate of drug-likeness (QED) is 0.722. The van der Waals surface area contributed by atoms with Gasteiger partial charge >= 0.3 is 6.01 Å². The number of alkyl halides is 2. The van der Waals surface area contributed by atoms with Crippen molar-refractivity contribution in [2.24, 2.45) is 0 Å². The Kier molecular flexibility index (Phi) is 4.00. The van der Waals surface area contributed by atoms with E-state index in [1.165, 1.54) is 12.3 Å². The monoisotopic (exact) mass is 299 g/mol. The molecule has 3 rings (SSSR count). The van der Waals surface area contributed by atoms with E-state index in [9.17, 15) is 8.78 Å². The van der Waals surface area contributed by atoms with Gasteiger partial charge in [0.15, 0.2) is 0 Å². The Bertz CT molecular complexity index is 732. The molecule has 6 heteroatoms. The maximum absolute atomic E-state index is 12.5. The van der Waals surface area contributed by atoms with Gasteiger partial charge in [-0.1, -0.05) is 24.3 Å². The SMILES string of the molecule is FC(F)c1ccc(-c2cnc(Oc3ccccc3)nc2)cn1. The van der Waals surface area contributed by atoms with Crippen LogP contribution in [-0.2, 0) is 0 Å². The van der Waals surface area contributed by atoms with E-state index >= 15 is 0 Å². The number of hydrogen-bond acceptors (Lipinski definition) is 4. The number of nitrogens with zero attached hydrogens (tertiary/aromatic N) is 3. The van der Waals surface area contributed by atoms with Crippen LogP contribution in [0.15, 0.2) is 61.1 Å². The summed E-state index contributed by atoms with van der Waals surface area (Å²) >= 11 is 0. The van der Waals surface area contributed by atoms with E-state index in [1.54, 1.807) is 30.6 Å². The average Bonchev–Trinajstić information content (AvgIpc) is 2.57. The first kappa shape index (κ1) is 14.1. The fourth-order valence-corrected chi connectivity index (χ4v) is 1.82. The second-order valence-corrected chi connectivity index (χ2v) is 4.44. The normalized spacial score (nSPS) is 10.7. The molecule has 0 fully saturated rings. The van der Waals surface area contributed by atoms with Crippen molar-refractivity contribution in [1.82, 2.24) is 15.0 Å². The van der Waals surface area contributed by atoms with Crippen LogP contribution < -0.4 is 4.74 Å². The standard InChI is InChI=1S/C16H11F2N3O/c17-15(18)14-7-6-11(8-19-14)12-9-20-16(21-10-12)22-13-4-2-1-3-5-13/h1-10,15H. The predicted octanol–water partition coefficient (Wildman–Crippen LogP) is 4.27. The van der Waals surface area contributed by atoms with E-state index in [1.807, 2.05) is 18.2 Å². The van der Waals surface area contributed by atoms with E-state index < -0.39 is 6.43 Å². The maximum Gasteiger partial charge on any atom is 0.321 e. The fraction of sp³-hybridized carbons (Fsp3) is 0.0625. The number of pyridine rings is 1. The van der Waals surface area contributed by atoms with E-state index in [2.05, 4.69) is 15.0 Å². The van der Waals surface area contributed by atoms with Crippen LogP contribution in [0, 0.1) is 0 Å². The molecule has 0 atom stereocenters. The zero-order valence-electron chi connectivity index (χ0n) is 11.4. The molecule has 4 nitrogen and oxygen atoms in total. The summed E-state index contributed by atoms with van der Waals surface area (Å²) in [5.41, 5.74) is 1.08. The molecule has 2 heterocycles. The van der Waals surface area contributed by atoms with Gasteiger partial charge in [0.1, 0.15) is 11.4 Å². The van der Waals surface area contributed by atoms with E-state index in [0.29, 0.717) is 16.9 Å². The van der Waals surface area contributed by atoms with Crippen LogP contribution >= 0.6 is 0 Å². The molecule has 3 aromatic rings. The van der Waals surface area contributed by atoms with Gasteiger partial charge in [-0.25, -0.2) is 18.7 Å². The van der Waals surface area contributed by atoms with Gasteiger partial charge in [0.25, 0.3) is 6.43 Å². The first-order valence-corrected chi connectivity index (χ1v) is 6.52.